The van der Waals surface area contributed by atoms with Gasteiger partial charge in [0.05, 0.1) is 11.3 Å². The number of aromatic nitrogens is 1. The van der Waals surface area contributed by atoms with E-state index in [9.17, 15) is 13.6 Å². The van der Waals surface area contributed by atoms with Gasteiger partial charge in [0.25, 0.3) is 12.3 Å². The summed E-state index contributed by atoms with van der Waals surface area (Å²) in [6, 6.07) is 1.70. The fourth-order valence-electron chi connectivity index (χ4n) is 1.11. The van der Waals surface area contributed by atoms with E-state index in [-0.39, 0.29) is 5.56 Å². The molecule has 0 atom stereocenters. The van der Waals surface area contributed by atoms with Gasteiger partial charge in [-0.3, -0.25) is 4.79 Å². The van der Waals surface area contributed by atoms with E-state index in [2.05, 4.69) is 9.69 Å². The van der Waals surface area contributed by atoms with Gasteiger partial charge in [0, 0.05) is 10.8 Å². The third-order valence-electron chi connectivity index (χ3n) is 1.83. The first-order valence-electron chi connectivity index (χ1n) is 4.24. The summed E-state index contributed by atoms with van der Waals surface area (Å²) in [4.78, 5) is 11.6. The maximum atomic E-state index is 12.5. The number of carbonyl (C=O) groups excluding carboxylic acids is 1. The second kappa shape index (κ2) is 4.67. The molecular weight excluding hydrogens is 254 g/mol. The zero-order chi connectivity index (χ0) is 11.5. The van der Waals surface area contributed by atoms with Crippen LogP contribution in [0.15, 0.2) is 22.2 Å². The molecule has 0 spiro atoms. The molecule has 2 rings (SSSR count). The standard InChI is InChI=1S/C9H6F2N2OS2/c10-8(11)7-6(4-16-13-7)9(14)12-5-1-2-15-3-5/h1-4,8H,(H,12,14). The van der Waals surface area contributed by atoms with Crippen molar-refractivity contribution in [3.05, 3.63) is 33.5 Å². The van der Waals surface area contributed by atoms with Gasteiger partial charge in [-0.05, 0) is 23.0 Å². The second-order valence-electron chi connectivity index (χ2n) is 2.88. The van der Waals surface area contributed by atoms with E-state index in [4.69, 9.17) is 0 Å². The number of nitrogens with zero attached hydrogens (tertiary/aromatic N) is 1. The Kier molecular flexibility index (Phi) is 3.25. The molecule has 1 N–H and O–H groups in total. The molecule has 16 heavy (non-hydrogen) atoms. The molecule has 0 aliphatic heterocycles. The summed E-state index contributed by atoms with van der Waals surface area (Å²) >= 11 is 2.26. The average molecular weight is 260 g/mol. The molecule has 0 aliphatic carbocycles. The Labute approximate surface area is 97.9 Å². The van der Waals surface area contributed by atoms with E-state index in [1.165, 1.54) is 16.7 Å². The molecule has 2 aromatic rings. The molecule has 0 saturated heterocycles. The topological polar surface area (TPSA) is 42.0 Å². The van der Waals surface area contributed by atoms with Crippen LogP contribution in [0, 0.1) is 0 Å². The first-order valence-corrected chi connectivity index (χ1v) is 6.02. The van der Waals surface area contributed by atoms with Crippen molar-refractivity contribution in [2.24, 2.45) is 0 Å². The maximum Gasteiger partial charge on any atom is 0.282 e. The Hall–Kier alpha value is -1.34. The molecule has 0 radical (unpaired) electrons. The second-order valence-corrected chi connectivity index (χ2v) is 4.29. The highest BCUT2D eigenvalue weighted by Gasteiger charge is 2.21. The van der Waals surface area contributed by atoms with Crippen molar-refractivity contribution in [2.75, 3.05) is 5.32 Å². The number of carbonyl (C=O) groups is 1. The van der Waals surface area contributed by atoms with Crippen LogP contribution < -0.4 is 5.32 Å². The molecule has 0 aromatic carbocycles. The highest BCUT2D eigenvalue weighted by atomic mass is 32.1. The maximum absolute atomic E-state index is 12.5. The Balaban J connectivity index is 2.18. The zero-order valence-corrected chi connectivity index (χ0v) is 9.45. The SMILES string of the molecule is O=C(Nc1ccsc1)c1csnc1C(F)F. The minimum absolute atomic E-state index is 0.0637. The number of alkyl halides is 2. The van der Waals surface area contributed by atoms with Crippen LogP contribution in [0.1, 0.15) is 22.5 Å². The lowest BCUT2D eigenvalue weighted by atomic mass is 10.2. The number of amides is 1. The Morgan fingerprint density at radius 1 is 1.44 bits per heavy atom. The molecule has 0 bridgehead atoms. The summed E-state index contributed by atoms with van der Waals surface area (Å²) in [5.74, 6) is -0.553. The predicted molar refractivity (Wildman–Crippen MR) is 59.3 cm³/mol. The van der Waals surface area contributed by atoms with E-state index in [0.717, 1.165) is 11.5 Å². The third-order valence-corrected chi connectivity index (χ3v) is 3.15. The molecular formula is C9H6F2N2OS2. The monoisotopic (exact) mass is 260 g/mol. The predicted octanol–water partition coefficient (Wildman–Crippen LogP) is 3.39. The van der Waals surface area contributed by atoms with Gasteiger partial charge < -0.3 is 5.32 Å². The molecule has 84 valence electrons. The minimum Gasteiger partial charge on any atom is -0.321 e. The van der Waals surface area contributed by atoms with Gasteiger partial charge in [0.15, 0.2) is 0 Å². The summed E-state index contributed by atoms with van der Waals surface area (Å²) in [7, 11) is 0. The number of hydrogen-bond acceptors (Lipinski definition) is 4. The summed E-state index contributed by atoms with van der Waals surface area (Å²) in [5.41, 5.74) is 0.0744. The highest BCUT2D eigenvalue weighted by Crippen LogP contribution is 2.24. The van der Waals surface area contributed by atoms with Crippen molar-refractivity contribution in [1.29, 1.82) is 0 Å². The van der Waals surface area contributed by atoms with Gasteiger partial charge in [-0.25, -0.2) is 8.78 Å². The number of hydrogen-bond donors (Lipinski definition) is 1. The molecule has 1 amide bonds. The first kappa shape index (κ1) is 11.2. The van der Waals surface area contributed by atoms with Crippen LogP contribution in [0.5, 0.6) is 0 Å². The van der Waals surface area contributed by atoms with Crippen LogP contribution in [-0.2, 0) is 0 Å². The molecule has 2 aromatic heterocycles. The highest BCUT2D eigenvalue weighted by molar-refractivity contribution is 7.08. The van der Waals surface area contributed by atoms with Gasteiger partial charge in [0.1, 0.15) is 5.69 Å². The zero-order valence-electron chi connectivity index (χ0n) is 7.81. The van der Waals surface area contributed by atoms with E-state index in [1.807, 2.05) is 0 Å². The van der Waals surface area contributed by atoms with Gasteiger partial charge in [0.2, 0.25) is 0 Å². The van der Waals surface area contributed by atoms with Crippen LogP contribution in [0.25, 0.3) is 0 Å². The van der Waals surface area contributed by atoms with Crippen molar-refractivity contribution in [1.82, 2.24) is 4.37 Å². The third kappa shape index (κ3) is 2.25. The van der Waals surface area contributed by atoms with E-state index >= 15 is 0 Å². The van der Waals surface area contributed by atoms with Gasteiger partial charge in [-0.2, -0.15) is 15.7 Å². The van der Waals surface area contributed by atoms with Crippen molar-refractivity contribution in [3.63, 3.8) is 0 Å². The number of nitrogens with one attached hydrogen (secondary N) is 1. The van der Waals surface area contributed by atoms with Crippen molar-refractivity contribution < 1.29 is 13.6 Å². The number of halogens is 2. The molecule has 0 unspecified atom stereocenters. The quantitative estimate of drug-likeness (QED) is 0.919. The van der Waals surface area contributed by atoms with Crippen LogP contribution in [0.3, 0.4) is 0 Å². The lowest BCUT2D eigenvalue weighted by molar-refractivity contribution is 0.101. The Morgan fingerprint density at radius 3 is 2.88 bits per heavy atom. The summed E-state index contributed by atoms with van der Waals surface area (Å²) in [6.07, 6.45) is -2.73. The van der Waals surface area contributed by atoms with Crippen molar-refractivity contribution >= 4 is 34.5 Å². The summed E-state index contributed by atoms with van der Waals surface area (Å²) < 4.78 is 28.4. The van der Waals surface area contributed by atoms with Gasteiger partial charge in [-0.15, -0.1) is 0 Å². The number of thiophene rings is 1. The van der Waals surface area contributed by atoms with Crippen LogP contribution in [0.2, 0.25) is 0 Å². The van der Waals surface area contributed by atoms with Crippen LogP contribution in [-0.4, -0.2) is 10.3 Å². The molecule has 2 heterocycles. The van der Waals surface area contributed by atoms with Gasteiger partial charge in [-0.1, -0.05) is 0 Å². The van der Waals surface area contributed by atoms with Crippen LogP contribution >= 0.6 is 22.9 Å². The van der Waals surface area contributed by atoms with E-state index in [1.54, 1.807) is 16.8 Å². The lowest BCUT2D eigenvalue weighted by Gasteiger charge is -2.02. The molecule has 0 fully saturated rings. The first-order chi connectivity index (χ1) is 7.68. The number of rotatable bonds is 3. The Morgan fingerprint density at radius 2 is 2.25 bits per heavy atom. The smallest absolute Gasteiger partial charge is 0.282 e. The summed E-state index contributed by atoms with van der Waals surface area (Å²) in [6.45, 7) is 0. The molecule has 0 saturated carbocycles. The van der Waals surface area contributed by atoms with Gasteiger partial charge >= 0.3 is 0 Å². The normalized spacial score (nSPS) is 10.7. The van der Waals surface area contributed by atoms with E-state index < -0.39 is 18.0 Å². The lowest BCUT2D eigenvalue weighted by Crippen LogP contribution is -2.12. The fourth-order valence-corrected chi connectivity index (χ4v) is 2.37. The van der Waals surface area contributed by atoms with Crippen molar-refractivity contribution in [3.8, 4) is 0 Å². The van der Waals surface area contributed by atoms with E-state index in [0.29, 0.717) is 5.69 Å². The molecule has 3 nitrogen and oxygen atoms in total. The molecule has 0 aliphatic rings. The minimum atomic E-state index is -2.73. The number of anilines is 1. The molecule has 7 heteroatoms. The average Bonchev–Trinajstić information content (AvgIpc) is 2.86. The van der Waals surface area contributed by atoms with Crippen LogP contribution in [0.4, 0.5) is 14.5 Å². The summed E-state index contributed by atoms with van der Waals surface area (Å²) in [5, 5.41) is 7.36. The Bertz CT molecular complexity index is 481. The largest absolute Gasteiger partial charge is 0.321 e. The van der Waals surface area contributed by atoms with Crippen molar-refractivity contribution in [2.45, 2.75) is 6.43 Å². The fraction of sp³-hybridized carbons (Fsp3) is 0.111.